The molecular formula is C11H15N3O2S. The van der Waals surface area contributed by atoms with Gasteiger partial charge in [-0.15, -0.1) is 11.3 Å². The van der Waals surface area contributed by atoms with E-state index in [1.807, 2.05) is 12.3 Å². The summed E-state index contributed by atoms with van der Waals surface area (Å²) in [7, 11) is 0. The molecule has 2 heterocycles. The Morgan fingerprint density at radius 3 is 3.12 bits per heavy atom. The van der Waals surface area contributed by atoms with Gasteiger partial charge in [-0.25, -0.2) is 4.98 Å². The van der Waals surface area contributed by atoms with Crippen LogP contribution in [0.2, 0.25) is 0 Å². The number of amides is 2. The summed E-state index contributed by atoms with van der Waals surface area (Å²) >= 11 is 1.52. The average Bonchev–Trinajstić information content (AvgIpc) is 2.83. The second-order valence-electron chi connectivity index (χ2n) is 4.14. The number of thiazole rings is 1. The third-order valence-electron chi connectivity index (χ3n) is 2.82. The summed E-state index contributed by atoms with van der Waals surface area (Å²) in [5.74, 6) is -0.0927. The van der Waals surface area contributed by atoms with Crippen LogP contribution >= 0.6 is 11.3 Å². The van der Waals surface area contributed by atoms with Crippen molar-refractivity contribution in [1.82, 2.24) is 15.6 Å². The number of hydrogen-bond acceptors (Lipinski definition) is 4. The highest BCUT2D eigenvalue weighted by molar-refractivity contribution is 7.09. The van der Waals surface area contributed by atoms with Crippen molar-refractivity contribution < 1.29 is 9.59 Å². The van der Waals surface area contributed by atoms with Crippen LogP contribution in [-0.4, -0.2) is 23.3 Å². The predicted molar refractivity (Wildman–Crippen MR) is 64.4 cm³/mol. The Morgan fingerprint density at radius 1 is 1.71 bits per heavy atom. The van der Waals surface area contributed by atoms with Crippen LogP contribution in [0.4, 0.5) is 0 Å². The third kappa shape index (κ3) is 3.03. The van der Waals surface area contributed by atoms with Crippen LogP contribution in [-0.2, 0) is 9.59 Å². The van der Waals surface area contributed by atoms with Crippen LogP contribution in [0.5, 0.6) is 0 Å². The van der Waals surface area contributed by atoms with Crippen molar-refractivity contribution in [1.29, 1.82) is 0 Å². The maximum Gasteiger partial charge on any atom is 0.225 e. The average molecular weight is 253 g/mol. The molecule has 0 aliphatic carbocycles. The molecule has 0 aromatic carbocycles. The van der Waals surface area contributed by atoms with E-state index in [0.717, 1.165) is 5.01 Å². The maximum atomic E-state index is 11.9. The first-order valence-electron chi connectivity index (χ1n) is 5.63. The summed E-state index contributed by atoms with van der Waals surface area (Å²) in [5.41, 5.74) is 0. The van der Waals surface area contributed by atoms with Crippen molar-refractivity contribution in [2.45, 2.75) is 25.8 Å². The molecule has 1 aliphatic heterocycles. The lowest BCUT2D eigenvalue weighted by Crippen LogP contribution is -2.43. The molecule has 17 heavy (non-hydrogen) atoms. The van der Waals surface area contributed by atoms with Crippen LogP contribution in [0, 0.1) is 5.92 Å². The molecular weight excluding hydrogens is 238 g/mol. The fraction of sp³-hybridized carbons (Fsp3) is 0.545. The van der Waals surface area contributed by atoms with E-state index in [1.54, 1.807) is 6.20 Å². The van der Waals surface area contributed by atoms with Gasteiger partial charge in [-0.3, -0.25) is 9.59 Å². The number of piperidine rings is 1. The van der Waals surface area contributed by atoms with Crippen molar-refractivity contribution >= 4 is 23.2 Å². The molecule has 2 amide bonds. The summed E-state index contributed by atoms with van der Waals surface area (Å²) in [6, 6.07) is -0.0693. The van der Waals surface area contributed by atoms with E-state index in [2.05, 4.69) is 15.6 Å². The van der Waals surface area contributed by atoms with Gasteiger partial charge in [-0.05, 0) is 13.3 Å². The molecule has 6 heteroatoms. The highest BCUT2D eigenvalue weighted by atomic mass is 32.1. The Kier molecular flexibility index (Phi) is 3.73. The van der Waals surface area contributed by atoms with Gasteiger partial charge in [0.1, 0.15) is 5.01 Å². The molecule has 1 aliphatic rings. The number of rotatable bonds is 3. The van der Waals surface area contributed by atoms with Crippen LogP contribution in [0.1, 0.15) is 30.8 Å². The van der Waals surface area contributed by atoms with E-state index >= 15 is 0 Å². The van der Waals surface area contributed by atoms with E-state index in [-0.39, 0.29) is 23.8 Å². The Morgan fingerprint density at radius 2 is 2.53 bits per heavy atom. The fourth-order valence-corrected chi connectivity index (χ4v) is 2.44. The lowest BCUT2D eigenvalue weighted by molar-refractivity contribution is -0.129. The molecule has 1 saturated heterocycles. The van der Waals surface area contributed by atoms with Gasteiger partial charge in [0.25, 0.3) is 0 Å². The van der Waals surface area contributed by atoms with E-state index < -0.39 is 0 Å². The van der Waals surface area contributed by atoms with Crippen molar-refractivity contribution in [3.05, 3.63) is 16.6 Å². The van der Waals surface area contributed by atoms with Crippen LogP contribution in [0.3, 0.4) is 0 Å². The SMILES string of the molecule is CC(NC(=O)C1CCC(=O)NC1)c1nccs1. The topological polar surface area (TPSA) is 71.1 Å². The molecule has 2 rings (SSSR count). The molecule has 1 fully saturated rings. The lowest BCUT2D eigenvalue weighted by Gasteiger charge is -2.23. The zero-order valence-electron chi connectivity index (χ0n) is 9.60. The summed E-state index contributed by atoms with van der Waals surface area (Å²) in [6.07, 6.45) is 2.79. The zero-order chi connectivity index (χ0) is 12.3. The number of carbonyl (C=O) groups excluding carboxylic acids is 2. The van der Waals surface area contributed by atoms with Gasteiger partial charge < -0.3 is 10.6 Å². The molecule has 2 unspecified atom stereocenters. The van der Waals surface area contributed by atoms with Crippen molar-refractivity contribution in [2.24, 2.45) is 5.92 Å². The van der Waals surface area contributed by atoms with Crippen molar-refractivity contribution in [3.63, 3.8) is 0 Å². The van der Waals surface area contributed by atoms with Crippen LogP contribution in [0.15, 0.2) is 11.6 Å². The Bertz CT molecular complexity index is 395. The van der Waals surface area contributed by atoms with E-state index in [0.29, 0.717) is 19.4 Å². The molecule has 2 N–H and O–H groups in total. The normalized spacial score (nSPS) is 21.7. The molecule has 5 nitrogen and oxygen atoms in total. The number of nitrogens with zero attached hydrogens (tertiary/aromatic N) is 1. The largest absolute Gasteiger partial charge is 0.355 e. The van der Waals surface area contributed by atoms with Crippen molar-refractivity contribution in [2.75, 3.05) is 6.54 Å². The first-order chi connectivity index (χ1) is 8.16. The predicted octanol–water partition coefficient (Wildman–Crippen LogP) is 0.846. The summed E-state index contributed by atoms with van der Waals surface area (Å²) in [5, 5.41) is 8.42. The Balaban J connectivity index is 1.86. The summed E-state index contributed by atoms with van der Waals surface area (Å²) in [4.78, 5) is 27.1. The Hall–Kier alpha value is -1.43. The molecule has 2 atom stereocenters. The minimum absolute atomic E-state index is 0.00676. The lowest BCUT2D eigenvalue weighted by atomic mass is 9.98. The molecule has 1 aromatic heterocycles. The van der Waals surface area contributed by atoms with Gasteiger partial charge in [0.05, 0.1) is 12.0 Å². The fourth-order valence-electron chi connectivity index (χ4n) is 1.80. The number of aromatic nitrogens is 1. The molecule has 0 spiro atoms. The second kappa shape index (κ2) is 5.27. The van der Waals surface area contributed by atoms with E-state index in [1.165, 1.54) is 11.3 Å². The van der Waals surface area contributed by atoms with Gasteiger partial charge in [-0.2, -0.15) is 0 Å². The number of hydrogen-bond donors (Lipinski definition) is 2. The standard InChI is InChI=1S/C11H15N3O2S/c1-7(11-12-4-5-17-11)14-10(16)8-2-3-9(15)13-6-8/h4-5,7-8H,2-3,6H2,1H3,(H,13,15)(H,14,16). The molecule has 1 aromatic rings. The quantitative estimate of drug-likeness (QED) is 0.838. The van der Waals surface area contributed by atoms with Crippen LogP contribution in [0.25, 0.3) is 0 Å². The van der Waals surface area contributed by atoms with E-state index in [9.17, 15) is 9.59 Å². The van der Waals surface area contributed by atoms with E-state index in [4.69, 9.17) is 0 Å². The molecule has 0 radical (unpaired) electrons. The first-order valence-corrected chi connectivity index (χ1v) is 6.51. The monoisotopic (exact) mass is 253 g/mol. The highest BCUT2D eigenvalue weighted by Gasteiger charge is 2.25. The number of carbonyl (C=O) groups is 2. The minimum atomic E-state index is -0.116. The highest BCUT2D eigenvalue weighted by Crippen LogP contribution is 2.17. The van der Waals surface area contributed by atoms with Gasteiger partial charge in [0, 0.05) is 24.5 Å². The molecule has 0 bridgehead atoms. The maximum absolute atomic E-state index is 11.9. The molecule has 0 saturated carbocycles. The van der Waals surface area contributed by atoms with Crippen LogP contribution < -0.4 is 10.6 Å². The van der Waals surface area contributed by atoms with Gasteiger partial charge in [0.15, 0.2) is 0 Å². The van der Waals surface area contributed by atoms with Gasteiger partial charge in [0.2, 0.25) is 11.8 Å². The third-order valence-corrected chi connectivity index (χ3v) is 3.78. The van der Waals surface area contributed by atoms with Gasteiger partial charge in [-0.1, -0.05) is 0 Å². The zero-order valence-corrected chi connectivity index (χ0v) is 10.4. The first kappa shape index (κ1) is 12.0. The number of nitrogens with one attached hydrogen (secondary N) is 2. The second-order valence-corrected chi connectivity index (χ2v) is 5.07. The summed E-state index contributed by atoms with van der Waals surface area (Å²) < 4.78 is 0. The summed E-state index contributed by atoms with van der Waals surface area (Å²) in [6.45, 7) is 2.35. The smallest absolute Gasteiger partial charge is 0.225 e. The van der Waals surface area contributed by atoms with Crippen molar-refractivity contribution in [3.8, 4) is 0 Å². The van der Waals surface area contributed by atoms with Gasteiger partial charge >= 0.3 is 0 Å². The Labute approximate surface area is 104 Å². The minimum Gasteiger partial charge on any atom is -0.355 e. The molecule has 92 valence electrons.